The van der Waals surface area contributed by atoms with Crippen LogP contribution in [-0.2, 0) is 7.05 Å². The number of para-hydroxylation sites is 1. The van der Waals surface area contributed by atoms with Gasteiger partial charge in [0.2, 0.25) is 0 Å². The maximum absolute atomic E-state index is 9.37. The van der Waals surface area contributed by atoms with E-state index in [4.69, 9.17) is 5.73 Å². The van der Waals surface area contributed by atoms with Crippen molar-refractivity contribution >= 4 is 33.2 Å². The largest absolute Gasteiger partial charge is 0.398 e. The van der Waals surface area contributed by atoms with Gasteiger partial charge < -0.3 is 25.4 Å². The van der Waals surface area contributed by atoms with Gasteiger partial charge in [-0.3, -0.25) is 0 Å². The number of anilines is 2. The summed E-state index contributed by atoms with van der Waals surface area (Å²) >= 11 is 0. The summed E-state index contributed by atoms with van der Waals surface area (Å²) in [5.41, 5.74) is 11.3. The molecular formula is C18H23N3O2. The van der Waals surface area contributed by atoms with Crippen molar-refractivity contribution < 1.29 is 10.2 Å². The van der Waals surface area contributed by atoms with Crippen LogP contribution < -0.4 is 10.6 Å². The number of nitrogens with two attached hydrogens (primary N) is 1. The molecule has 0 radical (unpaired) electrons. The Morgan fingerprint density at radius 2 is 1.78 bits per heavy atom. The van der Waals surface area contributed by atoms with E-state index in [-0.39, 0.29) is 13.2 Å². The van der Waals surface area contributed by atoms with Crippen LogP contribution in [0.4, 0.5) is 11.4 Å². The summed E-state index contributed by atoms with van der Waals surface area (Å²) in [4.78, 5) is 2.01. The molecule has 2 aromatic carbocycles. The number of hydrogen-bond donors (Lipinski definition) is 3. The fourth-order valence-electron chi connectivity index (χ4n) is 3.35. The number of aliphatic hydroxyl groups excluding tert-OH is 2. The molecule has 0 aliphatic rings. The second kappa shape index (κ2) is 6.10. The van der Waals surface area contributed by atoms with E-state index < -0.39 is 0 Å². The molecule has 3 aromatic rings. The SMILES string of the molecule is Cc1cc(N(CCO)CCO)c2c(c1N)c1ccccc1n2C. The molecule has 1 aromatic heterocycles. The molecule has 0 bridgehead atoms. The Bertz CT molecular complexity index is 848. The molecule has 5 heteroatoms. The van der Waals surface area contributed by atoms with Gasteiger partial charge in [0.1, 0.15) is 0 Å². The van der Waals surface area contributed by atoms with Gasteiger partial charge in [-0.2, -0.15) is 0 Å². The van der Waals surface area contributed by atoms with E-state index in [0.717, 1.165) is 38.7 Å². The second-order valence-electron chi connectivity index (χ2n) is 5.86. The summed E-state index contributed by atoms with van der Waals surface area (Å²) in [5.74, 6) is 0. The summed E-state index contributed by atoms with van der Waals surface area (Å²) < 4.78 is 2.14. The lowest BCUT2D eigenvalue weighted by Crippen LogP contribution is -2.30. The zero-order valence-corrected chi connectivity index (χ0v) is 13.6. The second-order valence-corrected chi connectivity index (χ2v) is 5.86. The maximum Gasteiger partial charge on any atom is 0.0747 e. The standard InChI is InChI=1S/C18H23N3O2/c1-12-11-15(21(7-9-22)8-10-23)18-16(17(12)19)13-5-3-4-6-14(13)20(18)2/h3-6,11,22-23H,7-10,19H2,1-2H3. The lowest BCUT2D eigenvalue weighted by molar-refractivity contribution is 0.281. The molecular weight excluding hydrogens is 290 g/mol. The summed E-state index contributed by atoms with van der Waals surface area (Å²) in [5, 5.41) is 20.9. The first-order valence-corrected chi connectivity index (χ1v) is 7.83. The van der Waals surface area contributed by atoms with Gasteiger partial charge >= 0.3 is 0 Å². The van der Waals surface area contributed by atoms with E-state index in [1.807, 2.05) is 37.1 Å². The molecule has 122 valence electrons. The van der Waals surface area contributed by atoms with E-state index in [1.165, 1.54) is 0 Å². The number of nitrogens with zero attached hydrogens (tertiary/aromatic N) is 2. The summed E-state index contributed by atoms with van der Waals surface area (Å²) in [6.45, 7) is 3.01. The first-order valence-electron chi connectivity index (χ1n) is 7.83. The number of aliphatic hydroxyl groups is 2. The van der Waals surface area contributed by atoms with Gasteiger partial charge in [0, 0.05) is 42.1 Å². The first-order chi connectivity index (χ1) is 11.1. The van der Waals surface area contributed by atoms with Crippen LogP contribution in [0.1, 0.15) is 5.56 Å². The normalized spacial score (nSPS) is 11.5. The molecule has 1 heterocycles. The van der Waals surface area contributed by atoms with E-state index in [9.17, 15) is 10.2 Å². The highest BCUT2D eigenvalue weighted by Crippen LogP contribution is 2.39. The van der Waals surface area contributed by atoms with Gasteiger partial charge in [-0.25, -0.2) is 0 Å². The molecule has 0 aliphatic carbocycles. The molecule has 0 fully saturated rings. The maximum atomic E-state index is 9.37. The average Bonchev–Trinajstić information content (AvgIpc) is 2.85. The summed E-state index contributed by atoms with van der Waals surface area (Å²) in [6.07, 6.45) is 0. The third-order valence-corrected chi connectivity index (χ3v) is 4.48. The van der Waals surface area contributed by atoms with Crippen LogP contribution in [-0.4, -0.2) is 41.1 Å². The van der Waals surface area contributed by atoms with Crippen LogP contribution in [0.2, 0.25) is 0 Å². The predicted molar refractivity (Wildman–Crippen MR) is 96.0 cm³/mol. The molecule has 0 unspecified atom stereocenters. The number of benzene rings is 2. The van der Waals surface area contributed by atoms with Crippen molar-refractivity contribution in [2.75, 3.05) is 36.9 Å². The summed E-state index contributed by atoms with van der Waals surface area (Å²) in [7, 11) is 2.03. The smallest absolute Gasteiger partial charge is 0.0747 e. The third kappa shape index (κ3) is 2.42. The quantitative estimate of drug-likeness (QED) is 0.630. The van der Waals surface area contributed by atoms with Gasteiger partial charge in [-0.15, -0.1) is 0 Å². The molecule has 0 spiro atoms. The topological polar surface area (TPSA) is 74.7 Å². The minimum atomic E-state index is 0.0366. The Morgan fingerprint density at radius 3 is 2.43 bits per heavy atom. The summed E-state index contributed by atoms with van der Waals surface area (Å²) in [6, 6.07) is 10.2. The fraction of sp³-hybridized carbons (Fsp3) is 0.333. The molecule has 0 amide bonds. The minimum Gasteiger partial charge on any atom is -0.398 e. The Morgan fingerprint density at radius 1 is 1.13 bits per heavy atom. The zero-order chi connectivity index (χ0) is 16.6. The minimum absolute atomic E-state index is 0.0366. The van der Waals surface area contributed by atoms with Crippen molar-refractivity contribution in [2.24, 2.45) is 7.05 Å². The average molecular weight is 313 g/mol. The van der Waals surface area contributed by atoms with E-state index in [1.54, 1.807) is 0 Å². The number of fused-ring (bicyclic) bond motifs is 3. The van der Waals surface area contributed by atoms with Crippen LogP contribution in [0, 0.1) is 6.92 Å². The van der Waals surface area contributed by atoms with Gasteiger partial charge in [0.05, 0.1) is 24.4 Å². The molecule has 0 aliphatic heterocycles. The number of aromatic nitrogens is 1. The highest BCUT2D eigenvalue weighted by Gasteiger charge is 2.19. The molecule has 0 saturated carbocycles. The molecule has 0 saturated heterocycles. The Hall–Kier alpha value is -2.24. The van der Waals surface area contributed by atoms with Gasteiger partial charge in [-0.05, 0) is 24.6 Å². The van der Waals surface area contributed by atoms with Crippen LogP contribution in [0.15, 0.2) is 30.3 Å². The van der Waals surface area contributed by atoms with Crippen molar-refractivity contribution in [2.45, 2.75) is 6.92 Å². The van der Waals surface area contributed by atoms with Crippen molar-refractivity contribution in [3.05, 3.63) is 35.9 Å². The van der Waals surface area contributed by atoms with Gasteiger partial charge in [0.25, 0.3) is 0 Å². The third-order valence-electron chi connectivity index (χ3n) is 4.48. The number of rotatable bonds is 5. The Balaban J connectivity index is 2.40. The van der Waals surface area contributed by atoms with Crippen LogP contribution in [0.25, 0.3) is 21.8 Å². The lowest BCUT2D eigenvalue weighted by Gasteiger charge is -2.25. The molecule has 0 atom stereocenters. The van der Waals surface area contributed by atoms with Crippen LogP contribution >= 0.6 is 0 Å². The molecule has 3 rings (SSSR count). The monoisotopic (exact) mass is 313 g/mol. The fourth-order valence-corrected chi connectivity index (χ4v) is 3.35. The highest BCUT2D eigenvalue weighted by atomic mass is 16.3. The van der Waals surface area contributed by atoms with Gasteiger partial charge in [-0.1, -0.05) is 18.2 Å². The van der Waals surface area contributed by atoms with Crippen LogP contribution in [0.5, 0.6) is 0 Å². The predicted octanol–water partition coefficient (Wildman–Crippen LogP) is 2.01. The van der Waals surface area contributed by atoms with Crippen LogP contribution in [0.3, 0.4) is 0 Å². The molecule has 5 nitrogen and oxygen atoms in total. The van der Waals surface area contributed by atoms with Gasteiger partial charge in [0.15, 0.2) is 0 Å². The molecule has 23 heavy (non-hydrogen) atoms. The van der Waals surface area contributed by atoms with E-state index in [0.29, 0.717) is 13.1 Å². The van der Waals surface area contributed by atoms with Crippen molar-refractivity contribution in [1.29, 1.82) is 0 Å². The zero-order valence-electron chi connectivity index (χ0n) is 13.6. The number of nitrogen functional groups attached to an aromatic ring is 1. The molecule has 4 N–H and O–H groups in total. The number of hydrogen-bond acceptors (Lipinski definition) is 4. The lowest BCUT2D eigenvalue weighted by atomic mass is 10.0. The first kappa shape index (κ1) is 15.6. The Kier molecular flexibility index (Phi) is 4.15. The number of aryl methyl sites for hydroxylation is 2. The highest BCUT2D eigenvalue weighted by molar-refractivity contribution is 6.17. The van der Waals surface area contributed by atoms with Crippen molar-refractivity contribution in [1.82, 2.24) is 4.57 Å². The van der Waals surface area contributed by atoms with Crippen molar-refractivity contribution in [3.8, 4) is 0 Å². The van der Waals surface area contributed by atoms with E-state index in [2.05, 4.69) is 16.7 Å². The van der Waals surface area contributed by atoms with Crippen molar-refractivity contribution in [3.63, 3.8) is 0 Å². The Labute approximate surface area is 135 Å². The van der Waals surface area contributed by atoms with E-state index >= 15 is 0 Å².